The van der Waals surface area contributed by atoms with Crippen molar-refractivity contribution in [2.24, 2.45) is 11.7 Å². The monoisotopic (exact) mass is 320 g/mol. The molecule has 0 aliphatic heterocycles. The minimum Gasteiger partial charge on any atom is -0.348 e. The van der Waals surface area contributed by atoms with E-state index in [2.05, 4.69) is 58.6 Å². The van der Waals surface area contributed by atoms with E-state index in [0.29, 0.717) is 18.4 Å². The van der Waals surface area contributed by atoms with Gasteiger partial charge in [-0.15, -0.1) is 0 Å². The van der Waals surface area contributed by atoms with Crippen LogP contribution in [0.1, 0.15) is 20.8 Å². The second-order valence-electron chi connectivity index (χ2n) is 4.13. The van der Waals surface area contributed by atoms with Crippen LogP contribution in [0.3, 0.4) is 0 Å². The van der Waals surface area contributed by atoms with Gasteiger partial charge in [-0.1, -0.05) is 13.8 Å². The minimum absolute atomic E-state index is 0.160. The quantitative estimate of drug-likeness (QED) is 0.832. The van der Waals surface area contributed by atoms with E-state index in [9.17, 15) is 0 Å². The van der Waals surface area contributed by atoms with Crippen molar-refractivity contribution in [3.63, 3.8) is 0 Å². The van der Waals surface area contributed by atoms with Gasteiger partial charge in [0, 0.05) is 22.5 Å². The summed E-state index contributed by atoms with van der Waals surface area (Å²) in [7, 11) is 0. The van der Waals surface area contributed by atoms with Crippen molar-refractivity contribution in [1.82, 2.24) is 9.97 Å². The minimum atomic E-state index is -0.160. The highest BCUT2D eigenvalue weighted by molar-refractivity contribution is 14.1. The standard InChI is InChI=1S/C10H17IN4/c1-7(2)10(3,6-12)15-9-13-4-8(11)5-14-9/h4-5,7H,6,12H2,1-3H3,(H,13,14,15). The highest BCUT2D eigenvalue weighted by Crippen LogP contribution is 2.19. The van der Waals surface area contributed by atoms with Gasteiger partial charge in [0.05, 0.1) is 5.54 Å². The van der Waals surface area contributed by atoms with E-state index < -0.39 is 0 Å². The van der Waals surface area contributed by atoms with Gasteiger partial charge in [0.25, 0.3) is 0 Å². The fraction of sp³-hybridized carbons (Fsp3) is 0.600. The molecule has 1 aromatic rings. The molecular weight excluding hydrogens is 303 g/mol. The number of hydrogen-bond donors (Lipinski definition) is 2. The molecule has 0 saturated heterocycles. The van der Waals surface area contributed by atoms with E-state index in [4.69, 9.17) is 5.73 Å². The summed E-state index contributed by atoms with van der Waals surface area (Å²) in [5.41, 5.74) is 5.61. The lowest BCUT2D eigenvalue weighted by molar-refractivity contribution is 0.380. The molecule has 1 aromatic heterocycles. The highest BCUT2D eigenvalue weighted by atomic mass is 127. The van der Waals surface area contributed by atoms with Crippen LogP contribution in [0.2, 0.25) is 0 Å². The van der Waals surface area contributed by atoms with E-state index in [1.807, 2.05) is 0 Å². The second kappa shape index (κ2) is 5.07. The highest BCUT2D eigenvalue weighted by Gasteiger charge is 2.27. The topological polar surface area (TPSA) is 63.8 Å². The molecule has 1 unspecified atom stereocenters. The molecule has 1 rings (SSSR count). The maximum absolute atomic E-state index is 5.77. The summed E-state index contributed by atoms with van der Waals surface area (Å²) in [6.45, 7) is 6.90. The van der Waals surface area contributed by atoms with E-state index >= 15 is 0 Å². The summed E-state index contributed by atoms with van der Waals surface area (Å²) >= 11 is 2.18. The van der Waals surface area contributed by atoms with Crippen LogP contribution in [0.15, 0.2) is 12.4 Å². The maximum atomic E-state index is 5.77. The first-order valence-electron chi connectivity index (χ1n) is 4.94. The predicted octanol–water partition coefficient (Wildman–Crippen LogP) is 1.87. The number of rotatable bonds is 4. The van der Waals surface area contributed by atoms with Crippen LogP contribution in [-0.2, 0) is 0 Å². The Labute approximate surface area is 104 Å². The molecule has 5 heteroatoms. The van der Waals surface area contributed by atoms with Crippen LogP contribution < -0.4 is 11.1 Å². The zero-order valence-electron chi connectivity index (χ0n) is 9.29. The van der Waals surface area contributed by atoms with Crippen LogP contribution in [0.25, 0.3) is 0 Å². The summed E-state index contributed by atoms with van der Waals surface area (Å²) in [4.78, 5) is 8.42. The van der Waals surface area contributed by atoms with Crippen molar-refractivity contribution in [2.45, 2.75) is 26.3 Å². The van der Waals surface area contributed by atoms with Crippen molar-refractivity contribution >= 4 is 28.5 Å². The Morgan fingerprint density at radius 3 is 2.40 bits per heavy atom. The van der Waals surface area contributed by atoms with Crippen LogP contribution in [-0.4, -0.2) is 22.1 Å². The molecule has 0 amide bonds. The van der Waals surface area contributed by atoms with Crippen molar-refractivity contribution in [3.8, 4) is 0 Å². The van der Waals surface area contributed by atoms with E-state index in [0.717, 1.165) is 3.57 Å². The van der Waals surface area contributed by atoms with Gasteiger partial charge in [-0.25, -0.2) is 9.97 Å². The van der Waals surface area contributed by atoms with Gasteiger partial charge >= 0.3 is 0 Å². The molecule has 0 aromatic carbocycles. The molecule has 84 valence electrons. The first-order chi connectivity index (χ1) is 6.98. The van der Waals surface area contributed by atoms with Crippen molar-refractivity contribution in [2.75, 3.05) is 11.9 Å². The molecule has 15 heavy (non-hydrogen) atoms. The largest absolute Gasteiger partial charge is 0.348 e. The zero-order chi connectivity index (χ0) is 11.5. The summed E-state index contributed by atoms with van der Waals surface area (Å²) in [5.74, 6) is 1.06. The number of hydrogen-bond acceptors (Lipinski definition) is 4. The Morgan fingerprint density at radius 1 is 1.47 bits per heavy atom. The SMILES string of the molecule is CC(C)C(C)(CN)Nc1ncc(I)cn1. The summed E-state index contributed by atoms with van der Waals surface area (Å²) in [6.07, 6.45) is 3.57. The summed E-state index contributed by atoms with van der Waals surface area (Å²) in [5, 5.41) is 3.28. The molecule has 3 N–H and O–H groups in total. The van der Waals surface area contributed by atoms with Gasteiger partial charge in [-0.3, -0.25) is 0 Å². The van der Waals surface area contributed by atoms with Gasteiger partial charge < -0.3 is 11.1 Å². The lowest BCUT2D eigenvalue weighted by atomic mass is 9.89. The molecule has 0 bridgehead atoms. The molecule has 0 spiro atoms. The van der Waals surface area contributed by atoms with Crippen LogP contribution in [0.5, 0.6) is 0 Å². The molecule has 0 radical (unpaired) electrons. The zero-order valence-corrected chi connectivity index (χ0v) is 11.4. The Morgan fingerprint density at radius 2 is 2.00 bits per heavy atom. The summed E-state index contributed by atoms with van der Waals surface area (Å²) < 4.78 is 1.03. The number of anilines is 1. The predicted molar refractivity (Wildman–Crippen MR) is 70.7 cm³/mol. The van der Waals surface area contributed by atoms with Gasteiger partial charge in [0.1, 0.15) is 0 Å². The van der Waals surface area contributed by atoms with E-state index in [-0.39, 0.29) is 5.54 Å². The summed E-state index contributed by atoms with van der Waals surface area (Å²) in [6, 6.07) is 0. The lowest BCUT2D eigenvalue weighted by Crippen LogP contribution is -2.47. The van der Waals surface area contributed by atoms with Crippen molar-refractivity contribution in [1.29, 1.82) is 0 Å². The molecule has 4 nitrogen and oxygen atoms in total. The first-order valence-corrected chi connectivity index (χ1v) is 6.01. The van der Waals surface area contributed by atoms with Crippen LogP contribution >= 0.6 is 22.6 Å². The Bertz CT molecular complexity index is 312. The molecule has 1 atom stereocenters. The molecule has 0 aliphatic rings. The molecule has 1 heterocycles. The third-order valence-corrected chi connectivity index (χ3v) is 3.27. The smallest absolute Gasteiger partial charge is 0.223 e. The van der Waals surface area contributed by atoms with Crippen molar-refractivity contribution < 1.29 is 0 Å². The molecule has 0 saturated carbocycles. The fourth-order valence-corrected chi connectivity index (χ4v) is 1.34. The number of nitrogens with one attached hydrogen (secondary N) is 1. The third-order valence-electron chi connectivity index (χ3n) is 2.72. The number of halogens is 1. The Kier molecular flexibility index (Phi) is 4.27. The number of nitrogens with zero attached hydrogens (tertiary/aromatic N) is 2. The van der Waals surface area contributed by atoms with Gasteiger partial charge in [-0.05, 0) is 35.4 Å². The van der Waals surface area contributed by atoms with Crippen molar-refractivity contribution in [3.05, 3.63) is 16.0 Å². The first kappa shape index (κ1) is 12.6. The molecule has 0 fully saturated rings. The van der Waals surface area contributed by atoms with Crippen LogP contribution in [0, 0.1) is 9.49 Å². The Balaban J connectivity index is 2.79. The van der Waals surface area contributed by atoms with Gasteiger partial charge in [0.15, 0.2) is 0 Å². The maximum Gasteiger partial charge on any atom is 0.223 e. The fourth-order valence-electron chi connectivity index (χ4n) is 1.06. The van der Waals surface area contributed by atoms with Crippen LogP contribution in [0.4, 0.5) is 5.95 Å². The average molecular weight is 320 g/mol. The molecule has 0 aliphatic carbocycles. The van der Waals surface area contributed by atoms with E-state index in [1.165, 1.54) is 0 Å². The normalized spacial score (nSPS) is 15.1. The third kappa shape index (κ3) is 3.27. The second-order valence-corrected chi connectivity index (χ2v) is 5.37. The van der Waals surface area contributed by atoms with E-state index in [1.54, 1.807) is 12.4 Å². The Hall–Kier alpha value is -0.430. The molecular formula is C10H17IN4. The number of nitrogens with two attached hydrogens (primary N) is 1. The van der Waals surface area contributed by atoms with Gasteiger partial charge in [0.2, 0.25) is 5.95 Å². The lowest BCUT2D eigenvalue weighted by Gasteiger charge is -2.33. The van der Waals surface area contributed by atoms with Gasteiger partial charge in [-0.2, -0.15) is 0 Å². The average Bonchev–Trinajstić information content (AvgIpc) is 2.21. The number of aromatic nitrogens is 2.